The van der Waals surface area contributed by atoms with Gasteiger partial charge < -0.3 is 14.8 Å². The van der Waals surface area contributed by atoms with Gasteiger partial charge in [0.15, 0.2) is 5.16 Å². The molecule has 29 heavy (non-hydrogen) atoms. The van der Waals surface area contributed by atoms with E-state index < -0.39 is 0 Å². The highest BCUT2D eigenvalue weighted by molar-refractivity contribution is 7.99. The van der Waals surface area contributed by atoms with Crippen LogP contribution >= 0.6 is 11.8 Å². The molecule has 3 rings (SSSR count). The van der Waals surface area contributed by atoms with E-state index in [-0.39, 0.29) is 17.5 Å². The number of thioether (sulfide) groups is 1. The fourth-order valence-corrected chi connectivity index (χ4v) is 4.14. The summed E-state index contributed by atoms with van der Waals surface area (Å²) in [5.74, 6) is 0.808. The molecular weight excluding hydrogens is 389 g/mol. The molecule has 0 radical (unpaired) electrons. The highest BCUT2D eigenvalue weighted by atomic mass is 32.2. The van der Waals surface area contributed by atoms with Crippen molar-refractivity contribution in [3.8, 4) is 0 Å². The van der Waals surface area contributed by atoms with Crippen molar-refractivity contribution in [1.29, 1.82) is 0 Å². The van der Waals surface area contributed by atoms with Gasteiger partial charge in [0.25, 0.3) is 0 Å². The minimum Gasteiger partial charge on any atom is -0.351 e. The summed E-state index contributed by atoms with van der Waals surface area (Å²) < 4.78 is 15.0. The number of amides is 1. The van der Waals surface area contributed by atoms with Gasteiger partial charge in [0.1, 0.15) is 11.6 Å². The van der Waals surface area contributed by atoms with E-state index in [1.165, 1.54) is 43.2 Å². The molecule has 8 heteroatoms. The molecule has 1 saturated heterocycles. The van der Waals surface area contributed by atoms with Gasteiger partial charge in [-0.1, -0.05) is 36.4 Å². The molecule has 1 amide bonds. The predicted molar refractivity (Wildman–Crippen MR) is 113 cm³/mol. The number of nitrogens with zero attached hydrogens (tertiary/aromatic N) is 4. The summed E-state index contributed by atoms with van der Waals surface area (Å²) in [5, 5.41) is 12.2. The van der Waals surface area contributed by atoms with Gasteiger partial charge >= 0.3 is 0 Å². The fourth-order valence-electron chi connectivity index (χ4n) is 3.35. The number of piperidine rings is 1. The Hall–Kier alpha value is -2.19. The first-order chi connectivity index (χ1) is 14.2. The average molecular weight is 418 g/mol. The van der Waals surface area contributed by atoms with Crippen molar-refractivity contribution >= 4 is 17.7 Å². The number of allylic oxidation sites excluding steroid dienone is 1. The number of hydrogen-bond donors (Lipinski definition) is 1. The minimum atomic E-state index is -0.284. The van der Waals surface area contributed by atoms with E-state index in [0.717, 1.165) is 42.6 Å². The Morgan fingerprint density at radius 2 is 1.97 bits per heavy atom. The number of rotatable bonds is 10. The zero-order valence-corrected chi connectivity index (χ0v) is 17.5. The summed E-state index contributed by atoms with van der Waals surface area (Å²) in [5.41, 5.74) is 0.861. The number of aromatic nitrogens is 3. The predicted octanol–water partition coefficient (Wildman–Crippen LogP) is 3.04. The number of likely N-dealkylation sites (tertiary alicyclic amines) is 1. The van der Waals surface area contributed by atoms with Crippen molar-refractivity contribution in [2.75, 3.05) is 25.4 Å². The van der Waals surface area contributed by atoms with Gasteiger partial charge in [0, 0.05) is 26.1 Å². The molecule has 6 nitrogen and oxygen atoms in total. The maximum Gasteiger partial charge on any atom is 0.230 e. The van der Waals surface area contributed by atoms with Crippen molar-refractivity contribution < 1.29 is 9.18 Å². The van der Waals surface area contributed by atoms with Gasteiger partial charge in [-0.2, -0.15) is 0 Å². The summed E-state index contributed by atoms with van der Waals surface area (Å²) in [6.45, 7) is 8.13. The van der Waals surface area contributed by atoms with Gasteiger partial charge in [-0.05, 0) is 43.6 Å². The first-order valence-electron chi connectivity index (χ1n) is 10.0. The molecular formula is C21H28FN5OS. The Kier molecular flexibility index (Phi) is 8.25. The second-order valence-electron chi connectivity index (χ2n) is 7.14. The zero-order chi connectivity index (χ0) is 20.5. The molecule has 0 unspecified atom stereocenters. The Morgan fingerprint density at radius 1 is 1.21 bits per heavy atom. The number of nitrogens with one attached hydrogen (secondary N) is 1. The lowest BCUT2D eigenvalue weighted by Crippen LogP contribution is -2.32. The molecule has 0 aliphatic carbocycles. The quantitative estimate of drug-likeness (QED) is 0.476. The summed E-state index contributed by atoms with van der Waals surface area (Å²) in [6.07, 6.45) is 6.54. The van der Waals surface area contributed by atoms with E-state index in [1.54, 1.807) is 12.1 Å². The van der Waals surface area contributed by atoms with Crippen molar-refractivity contribution in [2.45, 2.75) is 43.9 Å². The molecule has 2 heterocycles. The zero-order valence-electron chi connectivity index (χ0n) is 16.6. The third kappa shape index (κ3) is 6.68. The van der Waals surface area contributed by atoms with Crippen molar-refractivity contribution in [2.24, 2.45) is 0 Å². The van der Waals surface area contributed by atoms with Crippen LogP contribution < -0.4 is 5.32 Å². The molecule has 1 fully saturated rings. The maximum absolute atomic E-state index is 12.9. The average Bonchev–Trinajstić information content (AvgIpc) is 3.13. The van der Waals surface area contributed by atoms with Gasteiger partial charge in [-0.25, -0.2) is 4.39 Å². The van der Waals surface area contributed by atoms with E-state index in [4.69, 9.17) is 0 Å². The maximum atomic E-state index is 12.9. The standard InChI is InChI=1S/C21H28FN5OS/c1-2-11-27-19(10-14-26-12-4-3-5-13-26)24-25-21(27)29-16-20(28)23-15-17-6-8-18(22)9-7-17/h2,6-9H,1,3-5,10-16H2,(H,23,28). The van der Waals surface area contributed by atoms with E-state index in [0.29, 0.717) is 13.1 Å². The molecule has 1 N–H and O–H groups in total. The van der Waals surface area contributed by atoms with Crippen molar-refractivity contribution in [1.82, 2.24) is 25.0 Å². The van der Waals surface area contributed by atoms with Crippen LogP contribution in [0.3, 0.4) is 0 Å². The second kappa shape index (κ2) is 11.1. The highest BCUT2D eigenvalue weighted by Gasteiger charge is 2.16. The largest absolute Gasteiger partial charge is 0.351 e. The monoisotopic (exact) mass is 417 g/mol. The van der Waals surface area contributed by atoms with Crippen LogP contribution in [0.2, 0.25) is 0 Å². The minimum absolute atomic E-state index is 0.0951. The number of halogens is 1. The smallest absolute Gasteiger partial charge is 0.230 e. The van der Waals surface area contributed by atoms with Gasteiger partial charge in [-0.3, -0.25) is 4.79 Å². The molecule has 1 aromatic carbocycles. The normalized spacial score (nSPS) is 14.7. The summed E-state index contributed by atoms with van der Waals surface area (Å²) >= 11 is 1.37. The van der Waals surface area contributed by atoms with Crippen LogP contribution in [0.15, 0.2) is 42.1 Å². The van der Waals surface area contributed by atoms with E-state index in [1.807, 2.05) is 10.6 Å². The molecule has 0 atom stereocenters. The van der Waals surface area contributed by atoms with E-state index >= 15 is 0 Å². The van der Waals surface area contributed by atoms with Crippen LogP contribution in [0.5, 0.6) is 0 Å². The Morgan fingerprint density at radius 3 is 2.69 bits per heavy atom. The number of hydrogen-bond acceptors (Lipinski definition) is 5. The second-order valence-corrected chi connectivity index (χ2v) is 8.08. The Labute approximate surface area is 175 Å². The molecule has 1 aromatic heterocycles. The number of benzene rings is 1. The van der Waals surface area contributed by atoms with Crippen LogP contribution in [-0.2, 0) is 24.3 Å². The molecule has 1 aliphatic heterocycles. The van der Waals surface area contributed by atoms with Crippen molar-refractivity contribution in [3.63, 3.8) is 0 Å². The Balaban J connectivity index is 1.49. The van der Waals surface area contributed by atoms with E-state index in [9.17, 15) is 9.18 Å². The molecule has 0 bridgehead atoms. The summed E-state index contributed by atoms with van der Waals surface area (Å²) in [4.78, 5) is 14.7. The first-order valence-corrected chi connectivity index (χ1v) is 11.0. The van der Waals surface area contributed by atoms with Crippen LogP contribution in [0, 0.1) is 5.82 Å². The number of carbonyl (C=O) groups is 1. The van der Waals surface area contributed by atoms with Gasteiger partial charge in [0.2, 0.25) is 5.91 Å². The SMILES string of the molecule is C=CCn1c(CCN2CCCCC2)nnc1SCC(=O)NCc1ccc(F)cc1. The molecule has 2 aromatic rings. The third-order valence-electron chi connectivity index (χ3n) is 4.94. The molecule has 156 valence electrons. The van der Waals surface area contributed by atoms with Crippen LogP contribution in [0.25, 0.3) is 0 Å². The van der Waals surface area contributed by atoms with Crippen LogP contribution in [0.4, 0.5) is 4.39 Å². The molecule has 1 aliphatic rings. The Bertz CT molecular complexity index is 802. The molecule has 0 spiro atoms. The first kappa shape index (κ1) is 21.5. The molecule has 0 saturated carbocycles. The fraction of sp³-hybridized carbons (Fsp3) is 0.476. The van der Waals surface area contributed by atoms with Crippen LogP contribution in [-0.4, -0.2) is 51.0 Å². The van der Waals surface area contributed by atoms with Crippen molar-refractivity contribution in [3.05, 3.63) is 54.1 Å². The topological polar surface area (TPSA) is 63.1 Å². The van der Waals surface area contributed by atoms with Crippen LogP contribution in [0.1, 0.15) is 30.7 Å². The van der Waals surface area contributed by atoms with Gasteiger partial charge in [-0.15, -0.1) is 16.8 Å². The lowest BCUT2D eigenvalue weighted by molar-refractivity contribution is -0.118. The lowest BCUT2D eigenvalue weighted by Gasteiger charge is -2.26. The van der Waals surface area contributed by atoms with Gasteiger partial charge in [0.05, 0.1) is 5.75 Å². The lowest BCUT2D eigenvalue weighted by atomic mass is 10.1. The summed E-state index contributed by atoms with van der Waals surface area (Å²) in [6, 6.07) is 6.11. The highest BCUT2D eigenvalue weighted by Crippen LogP contribution is 2.18. The third-order valence-corrected chi connectivity index (χ3v) is 5.91. The number of carbonyl (C=O) groups excluding carboxylic acids is 1. The van der Waals surface area contributed by atoms with E-state index in [2.05, 4.69) is 27.0 Å². The summed E-state index contributed by atoms with van der Waals surface area (Å²) in [7, 11) is 0.